The van der Waals surface area contributed by atoms with Crippen molar-refractivity contribution in [2.75, 3.05) is 12.4 Å². The summed E-state index contributed by atoms with van der Waals surface area (Å²) < 4.78 is 18.5. The monoisotopic (exact) mass is 539 g/mol. The lowest BCUT2D eigenvalue weighted by Crippen LogP contribution is -2.40. The smallest absolute Gasteiger partial charge is 0.249 e. The summed E-state index contributed by atoms with van der Waals surface area (Å²) in [7, 11) is 1.42. The Kier molecular flexibility index (Phi) is 7.29. The molecule has 1 fully saturated rings. The number of ether oxygens (including phenoxy) is 2. The maximum absolute atomic E-state index is 12.2. The van der Waals surface area contributed by atoms with Crippen LogP contribution in [0.2, 0.25) is 5.02 Å². The average Bonchev–Trinajstić information content (AvgIpc) is 3.67. The molecule has 0 spiro atoms. The maximum atomic E-state index is 12.2. The molecule has 3 N–H and O–H groups in total. The highest BCUT2D eigenvalue weighted by molar-refractivity contribution is 6.30. The van der Waals surface area contributed by atoms with Crippen LogP contribution in [-0.2, 0) is 22.7 Å². The van der Waals surface area contributed by atoms with Crippen molar-refractivity contribution < 1.29 is 23.8 Å². The van der Waals surface area contributed by atoms with Crippen molar-refractivity contribution in [2.45, 2.75) is 37.6 Å². The van der Waals surface area contributed by atoms with Gasteiger partial charge in [-0.1, -0.05) is 16.7 Å². The van der Waals surface area contributed by atoms with Gasteiger partial charge in [0.2, 0.25) is 5.91 Å². The van der Waals surface area contributed by atoms with Gasteiger partial charge in [0.15, 0.2) is 23.2 Å². The molecule has 4 heterocycles. The van der Waals surface area contributed by atoms with E-state index in [1.165, 1.54) is 24.3 Å². The van der Waals surface area contributed by atoms with Gasteiger partial charge in [0, 0.05) is 29.1 Å². The van der Waals surface area contributed by atoms with E-state index in [9.17, 15) is 9.90 Å². The normalized spacial score (nSPS) is 20.7. The zero-order valence-corrected chi connectivity index (χ0v) is 20.7. The number of anilines is 1. The van der Waals surface area contributed by atoms with Crippen molar-refractivity contribution in [3.63, 3.8) is 0 Å². The van der Waals surface area contributed by atoms with E-state index >= 15 is 0 Å². The molecule has 1 amide bonds. The van der Waals surface area contributed by atoms with Crippen LogP contribution in [0.5, 0.6) is 5.75 Å². The Morgan fingerprint density at radius 1 is 1.34 bits per heavy atom. The van der Waals surface area contributed by atoms with E-state index in [1.54, 1.807) is 30.5 Å². The molecular formula is C23H22ClN9O5. The number of nitrogens with one attached hydrogen (secondary N) is 2. The molecule has 38 heavy (non-hydrogen) atoms. The van der Waals surface area contributed by atoms with Gasteiger partial charge in [-0.25, -0.2) is 15.0 Å². The van der Waals surface area contributed by atoms with Crippen molar-refractivity contribution >= 4 is 34.5 Å². The molecule has 196 valence electrons. The number of furan rings is 1. The Balaban J connectivity index is 1.38. The molecule has 1 saturated heterocycles. The first-order valence-corrected chi connectivity index (χ1v) is 11.8. The zero-order valence-electron chi connectivity index (χ0n) is 19.9. The molecule has 14 nitrogen and oxygen atoms in total. The molecule has 0 radical (unpaired) electrons. The minimum Gasteiger partial charge on any atom is -0.485 e. The van der Waals surface area contributed by atoms with Crippen molar-refractivity contribution in [3.8, 4) is 5.75 Å². The van der Waals surface area contributed by atoms with Gasteiger partial charge in [-0.2, -0.15) is 0 Å². The summed E-state index contributed by atoms with van der Waals surface area (Å²) in [6.45, 7) is 0.550. The van der Waals surface area contributed by atoms with Gasteiger partial charge in [-0.3, -0.25) is 9.36 Å². The van der Waals surface area contributed by atoms with Crippen molar-refractivity contribution in [1.29, 1.82) is 0 Å². The molecule has 0 saturated carbocycles. The van der Waals surface area contributed by atoms with Gasteiger partial charge in [0.25, 0.3) is 0 Å². The van der Waals surface area contributed by atoms with Crippen LogP contribution in [0.1, 0.15) is 17.6 Å². The second-order valence-corrected chi connectivity index (χ2v) is 8.70. The summed E-state index contributed by atoms with van der Waals surface area (Å²) in [5.74, 6) is 1.17. The number of aliphatic hydroxyl groups is 1. The van der Waals surface area contributed by atoms with Crippen LogP contribution >= 0.6 is 11.6 Å². The summed E-state index contributed by atoms with van der Waals surface area (Å²) in [5.41, 5.74) is 10.4. The predicted octanol–water partition coefficient (Wildman–Crippen LogP) is 2.95. The number of nitrogens with zero attached hydrogens (tertiary/aromatic N) is 7. The van der Waals surface area contributed by atoms with E-state index in [-0.39, 0.29) is 6.61 Å². The highest BCUT2D eigenvalue weighted by Gasteiger charge is 2.48. The average molecular weight is 540 g/mol. The molecule has 0 unspecified atom stereocenters. The molecule has 0 bridgehead atoms. The third-order valence-corrected chi connectivity index (χ3v) is 6.21. The van der Waals surface area contributed by atoms with Gasteiger partial charge >= 0.3 is 0 Å². The van der Waals surface area contributed by atoms with Crippen LogP contribution in [-0.4, -0.2) is 55.8 Å². The molecule has 4 aromatic rings. The Morgan fingerprint density at radius 2 is 2.21 bits per heavy atom. The van der Waals surface area contributed by atoms with Crippen LogP contribution < -0.4 is 15.4 Å². The lowest BCUT2D eigenvalue weighted by molar-refractivity contribution is -0.134. The fraction of sp³-hybridized carbons (Fsp3) is 0.304. The van der Waals surface area contributed by atoms with Gasteiger partial charge in [-0.05, 0) is 35.9 Å². The van der Waals surface area contributed by atoms with Crippen LogP contribution in [0, 0.1) is 0 Å². The minimum atomic E-state index is -1.32. The summed E-state index contributed by atoms with van der Waals surface area (Å²) in [6, 6.07) is 7.75. The highest BCUT2D eigenvalue weighted by Crippen LogP contribution is 2.34. The molecule has 3 aromatic heterocycles. The number of carbonyl (C=O) groups is 1. The SMILES string of the molecule is CNC(=O)[C@H]1O[C@@H](n2cnc3c(NCc4cc(Cl)ccc4OCc4ccco4)ncnc32)[C@H](O)[C@@H]1N=[N+]=[N-]. The maximum Gasteiger partial charge on any atom is 0.249 e. The number of aliphatic hydroxyl groups excluding tert-OH is 1. The number of fused-ring (bicyclic) bond motifs is 1. The molecule has 1 aliphatic rings. The number of aromatic nitrogens is 4. The third-order valence-electron chi connectivity index (χ3n) is 5.98. The second-order valence-electron chi connectivity index (χ2n) is 8.27. The van der Waals surface area contributed by atoms with E-state index in [4.69, 9.17) is 31.0 Å². The number of azide groups is 1. The van der Waals surface area contributed by atoms with E-state index < -0.39 is 30.4 Å². The summed E-state index contributed by atoms with van der Waals surface area (Å²) in [6.07, 6.45) is 0.739. The third kappa shape index (κ3) is 4.93. The fourth-order valence-corrected chi connectivity index (χ4v) is 4.35. The largest absolute Gasteiger partial charge is 0.485 e. The number of amides is 1. The quantitative estimate of drug-likeness (QED) is 0.163. The molecule has 4 atom stereocenters. The first-order chi connectivity index (χ1) is 18.5. The Labute approximate surface area is 220 Å². The Hall–Kier alpha value is -4.36. The number of likely N-dealkylation sites (N-methyl/N-ethyl adjacent to an activating group) is 1. The summed E-state index contributed by atoms with van der Waals surface area (Å²) in [4.78, 5) is 28.0. The standard InChI is InChI=1S/C23H22ClN9O5/c1-26-22(35)19-16(31-32-25)18(34)23(38-19)33-11-30-17-20(28-10-29-21(17)33)27-8-12-7-13(24)4-5-15(12)37-9-14-3-2-6-36-14/h2-7,10-11,16,18-19,23,34H,8-9H2,1H3,(H,26,35)(H,27,28,29)/t16-,18+,19-,23+/m0/s1. The molecule has 1 aromatic carbocycles. The molecule has 0 aliphatic carbocycles. The Morgan fingerprint density at radius 3 is 2.97 bits per heavy atom. The number of carbonyl (C=O) groups excluding carboxylic acids is 1. The Bertz CT molecular complexity index is 1490. The van der Waals surface area contributed by atoms with E-state index in [0.717, 1.165) is 5.56 Å². The van der Waals surface area contributed by atoms with Crippen molar-refractivity contribution in [1.82, 2.24) is 24.8 Å². The fourth-order valence-electron chi connectivity index (χ4n) is 4.15. The van der Waals surface area contributed by atoms with Crippen LogP contribution in [0.25, 0.3) is 21.6 Å². The lowest BCUT2D eigenvalue weighted by atomic mass is 10.1. The number of rotatable bonds is 9. The number of hydrogen-bond donors (Lipinski definition) is 3. The highest BCUT2D eigenvalue weighted by atomic mass is 35.5. The molecule has 1 aliphatic heterocycles. The van der Waals surface area contributed by atoms with Gasteiger partial charge < -0.3 is 29.6 Å². The van der Waals surface area contributed by atoms with Gasteiger partial charge in [0.1, 0.15) is 42.7 Å². The zero-order chi connectivity index (χ0) is 26.6. The van der Waals surface area contributed by atoms with Crippen molar-refractivity contribution in [2.24, 2.45) is 5.11 Å². The molecular weight excluding hydrogens is 518 g/mol. The topological polar surface area (TPSA) is 185 Å². The number of halogens is 1. The first-order valence-electron chi connectivity index (χ1n) is 11.4. The number of hydrogen-bond acceptors (Lipinski definition) is 10. The van der Waals surface area contributed by atoms with E-state index in [2.05, 4.69) is 35.6 Å². The lowest BCUT2D eigenvalue weighted by Gasteiger charge is -2.17. The summed E-state index contributed by atoms with van der Waals surface area (Å²) in [5, 5.41) is 20.6. The number of imidazole rings is 1. The summed E-state index contributed by atoms with van der Waals surface area (Å²) >= 11 is 6.22. The minimum absolute atomic E-state index is 0.251. The van der Waals surface area contributed by atoms with E-state index in [1.807, 2.05) is 6.07 Å². The van der Waals surface area contributed by atoms with Crippen LogP contribution in [0.15, 0.2) is 58.8 Å². The van der Waals surface area contributed by atoms with Gasteiger partial charge in [0.05, 0.1) is 12.6 Å². The van der Waals surface area contributed by atoms with Crippen LogP contribution in [0.3, 0.4) is 0 Å². The number of benzene rings is 1. The van der Waals surface area contributed by atoms with Gasteiger partial charge in [-0.15, -0.1) is 0 Å². The second kappa shape index (κ2) is 10.9. The van der Waals surface area contributed by atoms with Crippen molar-refractivity contribution in [3.05, 3.63) is 76.0 Å². The molecule has 15 heteroatoms. The van der Waals surface area contributed by atoms with E-state index in [0.29, 0.717) is 40.1 Å². The molecule has 5 rings (SSSR count). The first kappa shape index (κ1) is 25.3. The predicted molar refractivity (Wildman–Crippen MR) is 134 cm³/mol. The van der Waals surface area contributed by atoms with Crippen LogP contribution in [0.4, 0.5) is 5.82 Å².